The fraction of sp³-hybridized carbons (Fsp3) is 0.731. The molecule has 1 atom stereocenters. The molecule has 0 heterocycles. The van der Waals surface area contributed by atoms with Gasteiger partial charge in [-0.1, -0.05) is 52.8 Å². The highest BCUT2D eigenvalue weighted by Gasteiger charge is 2.42. The molecule has 0 aliphatic rings. The Kier molecular flexibility index (Phi) is 8.18. The van der Waals surface area contributed by atoms with Crippen LogP contribution < -0.4 is 4.90 Å². The average Bonchev–Trinajstić information content (AvgIpc) is 2.59. The fourth-order valence-corrected chi connectivity index (χ4v) is 3.93. The number of anilines is 1. The van der Waals surface area contributed by atoms with Crippen LogP contribution in [-0.4, -0.2) is 34.7 Å². The van der Waals surface area contributed by atoms with Gasteiger partial charge in [0.2, 0.25) is 5.91 Å². The third kappa shape index (κ3) is 6.46. The smallest absolute Gasteiger partial charge is 0.228 e. The van der Waals surface area contributed by atoms with E-state index < -0.39 is 17.1 Å². The number of amides is 1. The monoisotopic (exact) mass is 420 g/mol. The molecule has 1 aromatic rings. The Morgan fingerprint density at radius 3 is 1.80 bits per heavy atom. The SMILES string of the molecule is CCN(C(=O)C(C)(C)C)C(C)(C)CCC(C)(C)C(F)N(c1ccccc1)C(C)(C)C. The Morgan fingerprint density at radius 1 is 0.900 bits per heavy atom. The lowest BCUT2D eigenvalue weighted by molar-refractivity contribution is -0.145. The minimum Gasteiger partial charge on any atom is -0.337 e. The van der Waals surface area contributed by atoms with Crippen molar-refractivity contribution < 1.29 is 9.18 Å². The lowest BCUT2D eigenvalue weighted by Crippen LogP contribution is -2.54. The van der Waals surface area contributed by atoms with Gasteiger partial charge in [0.1, 0.15) is 0 Å². The van der Waals surface area contributed by atoms with Gasteiger partial charge >= 0.3 is 0 Å². The standard InChI is InChI=1S/C26H45FN2O/c1-12-28(22(30)23(2,3)4)26(10,11)19-18-25(8,9)21(27)29(24(5,6)7)20-16-14-13-15-17-20/h13-17,21H,12,18-19H2,1-11H3. The molecule has 0 saturated carbocycles. The highest BCUT2D eigenvalue weighted by atomic mass is 19.1. The van der Waals surface area contributed by atoms with E-state index in [0.717, 1.165) is 12.1 Å². The molecule has 0 spiro atoms. The van der Waals surface area contributed by atoms with Crippen molar-refractivity contribution in [1.82, 2.24) is 4.90 Å². The second-order valence-electron chi connectivity index (χ2n) is 11.8. The number of hydrogen-bond acceptors (Lipinski definition) is 2. The van der Waals surface area contributed by atoms with E-state index in [1.165, 1.54) is 0 Å². The van der Waals surface area contributed by atoms with Gasteiger partial charge in [-0.3, -0.25) is 4.79 Å². The minimum atomic E-state index is -1.15. The van der Waals surface area contributed by atoms with Gasteiger partial charge in [0.15, 0.2) is 6.30 Å². The molecule has 0 N–H and O–H groups in total. The van der Waals surface area contributed by atoms with Crippen molar-refractivity contribution in [3.8, 4) is 0 Å². The van der Waals surface area contributed by atoms with Crippen LogP contribution in [0.1, 0.15) is 89.0 Å². The number of carbonyl (C=O) groups is 1. The molecule has 0 radical (unpaired) electrons. The van der Waals surface area contributed by atoms with Gasteiger partial charge in [-0.2, -0.15) is 0 Å². The number of benzene rings is 1. The number of halogens is 1. The molecule has 1 rings (SSSR count). The van der Waals surface area contributed by atoms with E-state index in [0.29, 0.717) is 13.0 Å². The number of nitrogens with zero attached hydrogens (tertiary/aromatic N) is 2. The molecule has 0 saturated heterocycles. The maximum Gasteiger partial charge on any atom is 0.228 e. The summed E-state index contributed by atoms with van der Waals surface area (Å²) in [4.78, 5) is 16.8. The van der Waals surface area contributed by atoms with Crippen molar-refractivity contribution in [2.75, 3.05) is 11.4 Å². The molecule has 1 aromatic carbocycles. The summed E-state index contributed by atoms with van der Waals surface area (Å²) in [6.07, 6.45) is 0.265. The zero-order valence-corrected chi connectivity index (χ0v) is 21.3. The van der Waals surface area contributed by atoms with E-state index in [1.54, 1.807) is 0 Å². The van der Waals surface area contributed by atoms with Crippen molar-refractivity contribution >= 4 is 11.6 Å². The van der Waals surface area contributed by atoms with Gasteiger partial charge < -0.3 is 9.80 Å². The zero-order valence-electron chi connectivity index (χ0n) is 21.3. The van der Waals surface area contributed by atoms with Crippen molar-refractivity contribution in [2.24, 2.45) is 10.8 Å². The first-order valence-electron chi connectivity index (χ1n) is 11.3. The van der Waals surface area contributed by atoms with Gasteiger partial charge in [-0.15, -0.1) is 0 Å². The molecule has 30 heavy (non-hydrogen) atoms. The second kappa shape index (κ2) is 9.28. The minimum absolute atomic E-state index is 0.144. The van der Waals surface area contributed by atoms with Crippen LogP contribution in [0.2, 0.25) is 0 Å². The Balaban J connectivity index is 3.09. The highest BCUT2D eigenvalue weighted by Crippen LogP contribution is 2.40. The summed E-state index contributed by atoms with van der Waals surface area (Å²) in [6, 6.07) is 9.80. The molecule has 4 heteroatoms. The Morgan fingerprint density at radius 2 is 1.40 bits per heavy atom. The van der Waals surface area contributed by atoms with Crippen LogP contribution in [0.25, 0.3) is 0 Å². The van der Waals surface area contributed by atoms with Crippen LogP contribution >= 0.6 is 0 Å². The maximum absolute atomic E-state index is 16.1. The Hall–Kier alpha value is -1.58. The average molecular weight is 421 g/mol. The third-order valence-electron chi connectivity index (χ3n) is 5.94. The van der Waals surface area contributed by atoms with Gasteiger partial charge in [-0.25, -0.2) is 4.39 Å². The van der Waals surface area contributed by atoms with Crippen molar-refractivity contribution in [3.63, 3.8) is 0 Å². The first-order valence-corrected chi connectivity index (χ1v) is 11.3. The van der Waals surface area contributed by atoms with E-state index in [1.807, 2.05) is 102 Å². The Bertz CT molecular complexity index is 683. The van der Waals surface area contributed by atoms with Gasteiger partial charge in [0.05, 0.1) is 0 Å². The van der Waals surface area contributed by atoms with E-state index >= 15 is 4.39 Å². The van der Waals surface area contributed by atoms with E-state index in [2.05, 4.69) is 13.8 Å². The molecular formula is C26H45FN2O. The molecular weight excluding hydrogens is 375 g/mol. The highest BCUT2D eigenvalue weighted by molar-refractivity contribution is 5.82. The van der Waals surface area contributed by atoms with E-state index in [9.17, 15) is 4.79 Å². The largest absolute Gasteiger partial charge is 0.337 e. The van der Waals surface area contributed by atoms with Crippen LogP contribution in [0.15, 0.2) is 30.3 Å². The molecule has 1 amide bonds. The van der Waals surface area contributed by atoms with Crippen LogP contribution in [0.5, 0.6) is 0 Å². The molecule has 3 nitrogen and oxygen atoms in total. The summed E-state index contributed by atoms with van der Waals surface area (Å²) in [6.45, 7) is 22.9. The molecule has 0 aliphatic carbocycles. The number of rotatable bonds is 8. The summed E-state index contributed by atoms with van der Waals surface area (Å²) < 4.78 is 16.1. The summed E-state index contributed by atoms with van der Waals surface area (Å²) in [5.74, 6) is 0.144. The first-order chi connectivity index (χ1) is 13.4. The topological polar surface area (TPSA) is 23.6 Å². The summed E-state index contributed by atoms with van der Waals surface area (Å²) in [5.41, 5.74) is -0.810. The number of carbonyl (C=O) groups excluding carboxylic acids is 1. The number of alkyl halides is 1. The van der Waals surface area contributed by atoms with Crippen molar-refractivity contribution in [3.05, 3.63) is 30.3 Å². The zero-order chi connectivity index (χ0) is 23.5. The predicted octanol–water partition coefficient (Wildman–Crippen LogP) is 7.07. The quantitative estimate of drug-likeness (QED) is 0.420. The van der Waals surface area contributed by atoms with E-state index in [4.69, 9.17) is 0 Å². The van der Waals surface area contributed by atoms with Crippen LogP contribution in [0.3, 0.4) is 0 Å². The van der Waals surface area contributed by atoms with Gasteiger partial charge in [-0.05, 0) is 66.5 Å². The van der Waals surface area contributed by atoms with Crippen molar-refractivity contribution in [1.29, 1.82) is 0 Å². The first kappa shape index (κ1) is 26.5. The predicted molar refractivity (Wildman–Crippen MR) is 128 cm³/mol. The molecule has 0 aromatic heterocycles. The van der Waals surface area contributed by atoms with Crippen LogP contribution in [0, 0.1) is 10.8 Å². The second-order valence-corrected chi connectivity index (χ2v) is 11.8. The fourth-order valence-electron chi connectivity index (χ4n) is 3.93. The number of hydrogen-bond donors (Lipinski definition) is 0. The number of para-hydroxylation sites is 1. The normalized spacial score (nSPS) is 14.4. The Labute approximate surface area is 185 Å². The van der Waals surface area contributed by atoms with Crippen LogP contribution in [0.4, 0.5) is 10.1 Å². The van der Waals surface area contributed by atoms with E-state index in [-0.39, 0.29) is 17.0 Å². The molecule has 1 unspecified atom stereocenters. The lowest BCUT2D eigenvalue weighted by atomic mass is 9.79. The van der Waals surface area contributed by atoms with Crippen molar-refractivity contribution in [2.45, 2.75) is 106 Å². The lowest BCUT2D eigenvalue weighted by Gasteiger charge is -2.47. The van der Waals surface area contributed by atoms with Gasteiger partial charge in [0, 0.05) is 34.1 Å². The molecule has 0 aliphatic heterocycles. The third-order valence-corrected chi connectivity index (χ3v) is 5.94. The van der Waals surface area contributed by atoms with Gasteiger partial charge in [0.25, 0.3) is 0 Å². The summed E-state index contributed by atoms with van der Waals surface area (Å²) in [5, 5.41) is 0. The molecule has 0 bridgehead atoms. The molecule has 172 valence electrons. The maximum atomic E-state index is 16.1. The molecule has 0 fully saturated rings. The van der Waals surface area contributed by atoms with Crippen LogP contribution in [-0.2, 0) is 4.79 Å². The summed E-state index contributed by atoms with van der Waals surface area (Å²) in [7, 11) is 0. The summed E-state index contributed by atoms with van der Waals surface area (Å²) >= 11 is 0.